The van der Waals surface area contributed by atoms with E-state index in [9.17, 15) is 36.2 Å². The summed E-state index contributed by atoms with van der Waals surface area (Å²) in [5, 5.41) is 21.0. The Morgan fingerprint density at radius 2 is 1.67 bits per heavy atom. The van der Waals surface area contributed by atoms with Crippen LogP contribution in [-0.4, -0.2) is 64.8 Å². The topological polar surface area (TPSA) is 129 Å². The molecule has 0 aliphatic rings. The van der Waals surface area contributed by atoms with Crippen LogP contribution in [0, 0.1) is 0 Å². The number of hydrogen-bond donors (Lipinski definition) is 3. The Bertz CT molecular complexity index is 1610. The van der Waals surface area contributed by atoms with Crippen LogP contribution in [0.5, 0.6) is 0 Å². The normalized spacial score (nSPS) is 14.5. The summed E-state index contributed by atoms with van der Waals surface area (Å²) < 4.78 is 82.0. The molecule has 10 nitrogen and oxygen atoms in total. The Morgan fingerprint density at radius 1 is 1.02 bits per heavy atom. The van der Waals surface area contributed by atoms with Crippen molar-refractivity contribution in [3.8, 4) is 17.1 Å². The molecule has 0 radical (unpaired) electrons. The molecule has 2 atom stereocenters. The van der Waals surface area contributed by atoms with Crippen LogP contribution >= 0.6 is 23.2 Å². The van der Waals surface area contributed by atoms with Crippen LogP contribution in [0.1, 0.15) is 12.7 Å². The molecule has 0 saturated heterocycles. The molecular weight excluding hydrogens is 617 g/mol. The summed E-state index contributed by atoms with van der Waals surface area (Å²) in [6.07, 6.45) is -12.7. The predicted molar refractivity (Wildman–Crippen MR) is 142 cm³/mol. The van der Waals surface area contributed by atoms with Gasteiger partial charge in [-0.2, -0.15) is 36.0 Å². The molecule has 0 fully saturated rings. The number of aliphatic hydroxyl groups excluding tert-OH is 1. The number of aliphatic hydroxyl groups is 1. The molecule has 1 unspecified atom stereocenters. The highest BCUT2D eigenvalue weighted by Gasteiger charge is 2.48. The van der Waals surface area contributed by atoms with Crippen molar-refractivity contribution in [2.24, 2.45) is 5.73 Å². The molecule has 2 aromatic carbocycles. The second-order valence-electron chi connectivity index (χ2n) is 9.42. The maximum atomic E-state index is 13.4. The largest absolute Gasteiger partial charge is 0.416 e. The molecule has 0 spiro atoms. The maximum Gasteiger partial charge on any atom is 0.416 e. The zero-order chi connectivity index (χ0) is 31.0. The molecule has 0 amide bonds. The minimum absolute atomic E-state index is 0.158. The Kier molecular flexibility index (Phi) is 8.64. The first-order valence-corrected chi connectivity index (χ1v) is 12.7. The third kappa shape index (κ3) is 6.72. The van der Waals surface area contributed by atoms with Crippen LogP contribution < -0.4 is 16.7 Å². The summed E-state index contributed by atoms with van der Waals surface area (Å²) in [4.78, 5) is 17.4. The summed E-state index contributed by atoms with van der Waals surface area (Å²) in [5.74, 6) is -0.584. The maximum absolute atomic E-state index is 13.4. The zero-order valence-corrected chi connectivity index (χ0v) is 23.0. The number of hydrogen-bond acceptors (Lipinski definition) is 7. The van der Waals surface area contributed by atoms with Crippen molar-refractivity contribution in [1.29, 1.82) is 0 Å². The SMILES string of the molecule is CC(N)(CNc1nc(Cn2nc(-c3ccc(Cl)cc3)n(C[C@H](O)C(F)(F)F)c2=O)nn1-c1ccccc1Cl)C(F)(F)F. The molecule has 4 N–H and O–H groups in total. The average Bonchev–Trinajstić information content (AvgIpc) is 3.43. The fourth-order valence-electron chi connectivity index (χ4n) is 3.62. The molecule has 2 aromatic heterocycles. The van der Waals surface area contributed by atoms with E-state index in [1.54, 1.807) is 12.1 Å². The molecule has 0 bridgehead atoms. The molecule has 42 heavy (non-hydrogen) atoms. The van der Waals surface area contributed by atoms with Gasteiger partial charge in [-0.15, -0.1) is 10.2 Å². The van der Waals surface area contributed by atoms with E-state index >= 15 is 0 Å². The van der Waals surface area contributed by atoms with Gasteiger partial charge in [-0.1, -0.05) is 35.3 Å². The highest BCUT2D eigenvalue weighted by Crippen LogP contribution is 2.29. The van der Waals surface area contributed by atoms with E-state index in [-0.39, 0.29) is 33.9 Å². The smallest absolute Gasteiger partial charge is 0.382 e. The number of benzene rings is 2. The van der Waals surface area contributed by atoms with E-state index in [1.165, 1.54) is 36.4 Å². The lowest BCUT2D eigenvalue weighted by Gasteiger charge is -2.27. The van der Waals surface area contributed by atoms with Crippen LogP contribution in [-0.2, 0) is 13.1 Å². The quantitative estimate of drug-likeness (QED) is 0.234. The molecule has 2 heterocycles. The summed E-state index contributed by atoms with van der Waals surface area (Å²) in [5.41, 5.74) is 2.16. The van der Waals surface area contributed by atoms with Gasteiger partial charge in [0, 0.05) is 17.1 Å². The number of nitrogens with zero attached hydrogens (tertiary/aromatic N) is 6. The van der Waals surface area contributed by atoms with Crippen LogP contribution in [0.25, 0.3) is 17.1 Å². The third-order valence-electron chi connectivity index (χ3n) is 6.04. The highest BCUT2D eigenvalue weighted by atomic mass is 35.5. The van der Waals surface area contributed by atoms with E-state index in [1.807, 2.05) is 0 Å². The van der Waals surface area contributed by atoms with Crippen LogP contribution in [0.4, 0.5) is 32.3 Å². The van der Waals surface area contributed by atoms with Gasteiger partial charge in [-0.3, -0.25) is 4.57 Å². The second kappa shape index (κ2) is 11.6. The third-order valence-corrected chi connectivity index (χ3v) is 6.61. The van der Waals surface area contributed by atoms with Gasteiger partial charge in [0.2, 0.25) is 5.95 Å². The Labute approximate surface area is 243 Å². The summed E-state index contributed by atoms with van der Waals surface area (Å²) in [7, 11) is 0. The number of nitrogens with one attached hydrogen (secondary N) is 1. The van der Waals surface area contributed by atoms with Crippen LogP contribution in [0.3, 0.4) is 0 Å². The van der Waals surface area contributed by atoms with Gasteiger partial charge < -0.3 is 16.2 Å². The van der Waals surface area contributed by atoms with Crippen LogP contribution in [0.15, 0.2) is 53.3 Å². The van der Waals surface area contributed by atoms with Gasteiger partial charge in [0.1, 0.15) is 12.1 Å². The van der Waals surface area contributed by atoms with E-state index in [2.05, 4.69) is 20.5 Å². The van der Waals surface area contributed by atoms with E-state index in [0.717, 1.165) is 16.3 Å². The molecule has 0 aliphatic carbocycles. The molecular formula is C24H22Cl2F6N8O2. The minimum atomic E-state index is -5.03. The monoisotopic (exact) mass is 638 g/mol. The van der Waals surface area contributed by atoms with Crippen molar-refractivity contribution in [3.05, 3.63) is 74.9 Å². The number of anilines is 1. The molecule has 0 aliphatic heterocycles. The average molecular weight is 639 g/mol. The van der Waals surface area contributed by atoms with Gasteiger partial charge in [0.25, 0.3) is 0 Å². The fraction of sp³-hybridized carbons (Fsp3) is 0.333. The van der Waals surface area contributed by atoms with E-state index in [0.29, 0.717) is 9.59 Å². The number of nitrogens with two attached hydrogens (primary N) is 1. The Balaban J connectivity index is 1.76. The van der Waals surface area contributed by atoms with Gasteiger partial charge in [-0.25, -0.2) is 9.48 Å². The Morgan fingerprint density at radius 3 is 2.26 bits per heavy atom. The first kappa shape index (κ1) is 31.3. The molecule has 4 rings (SSSR count). The molecule has 226 valence electrons. The predicted octanol–water partition coefficient (Wildman–Crippen LogP) is 4.26. The highest BCUT2D eigenvalue weighted by molar-refractivity contribution is 6.32. The summed E-state index contributed by atoms with van der Waals surface area (Å²) in [6.45, 7) is -1.72. The van der Waals surface area contributed by atoms with Gasteiger partial charge in [-0.05, 0) is 43.3 Å². The van der Waals surface area contributed by atoms with Crippen molar-refractivity contribution in [3.63, 3.8) is 0 Å². The summed E-state index contributed by atoms with van der Waals surface area (Å²) in [6, 6.07) is 11.9. The molecule has 18 heteroatoms. The number of halogens is 8. The van der Waals surface area contributed by atoms with E-state index < -0.39 is 49.3 Å². The van der Waals surface area contributed by atoms with Crippen molar-refractivity contribution in [2.45, 2.75) is 44.0 Å². The number of para-hydroxylation sites is 1. The zero-order valence-electron chi connectivity index (χ0n) is 21.5. The first-order chi connectivity index (χ1) is 19.5. The number of rotatable bonds is 9. The lowest BCUT2D eigenvalue weighted by Crippen LogP contribution is -2.55. The first-order valence-electron chi connectivity index (χ1n) is 12.0. The number of alkyl halides is 6. The molecule has 4 aromatic rings. The van der Waals surface area contributed by atoms with Crippen molar-refractivity contribution in [1.82, 2.24) is 29.1 Å². The van der Waals surface area contributed by atoms with Gasteiger partial charge >= 0.3 is 18.0 Å². The lowest BCUT2D eigenvalue weighted by molar-refractivity contribution is -0.207. The minimum Gasteiger partial charge on any atom is -0.382 e. The van der Waals surface area contributed by atoms with Crippen molar-refractivity contribution >= 4 is 29.2 Å². The lowest BCUT2D eigenvalue weighted by atomic mass is 10.0. The standard InChI is InChI=1S/C24H22Cl2F6N8O2/c1-22(33,24(30,31)32)12-34-20-35-18(36-40(20)16-5-3-2-4-15(16)26)11-39-21(42)38(10-17(41)23(27,28)29)19(37-39)13-6-8-14(25)9-7-13/h2-9,17,41H,10-12,33H2,1H3,(H,34,35,36)/t17-,22?/m0/s1. The van der Waals surface area contributed by atoms with Gasteiger partial charge in [0.15, 0.2) is 17.8 Å². The van der Waals surface area contributed by atoms with Crippen molar-refractivity contribution in [2.75, 3.05) is 11.9 Å². The van der Waals surface area contributed by atoms with Gasteiger partial charge in [0.05, 0.1) is 17.3 Å². The second-order valence-corrected chi connectivity index (χ2v) is 10.3. The molecule has 0 saturated carbocycles. The Hall–Kier alpha value is -3.60. The van der Waals surface area contributed by atoms with E-state index in [4.69, 9.17) is 28.9 Å². The van der Waals surface area contributed by atoms with Crippen LogP contribution in [0.2, 0.25) is 10.0 Å². The fourth-order valence-corrected chi connectivity index (χ4v) is 3.96. The van der Waals surface area contributed by atoms with Crippen molar-refractivity contribution < 1.29 is 31.4 Å². The summed E-state index contributed by atoms with van der Waals surface area (Å²) >= 11 is 12.2. The number of aromatic nitrogens is 6.